The molecular weight excluding hydrogens is 707 g/mol. The van der Waals surface area contributed by atoms with Crippen molar-refractivity contribution in [3.05, 3.63) is 235 Å². The molecule has 5 heteroatoms. The summed E-state index contributed by atoms with van der Waals surface area (Å²) in [4.78, 5) is 20.6. The number of imidazole rings is 1. The molecule has 0 N–H and O–H groups in total. The number of aromatic nitrogens is 5. The Morgan fingerprint density at radius 2 is 0.776 bits per heavy atom. The average molecular weight is 742 g/mol. The van der Waals surface area contributed by atoms with E-state index in [9.17, 15) is 0 Å². The van der Waals surface area contributed by atoms with Gasteiger partial charge in [-0.05, 0) is 57.6 Å². The van der Waals surface area contributed by atoms with Crippen molar-refractivity contribution in [2.24, 2.45) is 0 Å². The van der Waals surface area contributed by atoms with Crippen LogP contribution in [-0.2, 0) is 5.41 Å². The summed E-state index contributed by atoms with van der Waals surface area (Å²) >= 11 is 0. The number of hydrogen-bond acceptors (Lipinski definition) is 4. The van der Waals surface area contributed by atoms with Gasteiger partial charge in [0.15, 0.2) is 17.5 Å². The van der Waals surface area contributed by atoms with Gasteiger partial charge in [0.1, 0.15) is 5.65 Å². The molecule has 58 heavy (non-hydrogen) atoms. The molecule has 272 valence electrons. The lowest BCUT2D eigenvalue weighted by Crippen LogP contribution is -2.28. The minimum absolute atomic E-state index is 0.624. The fourth-order valence-corrected chi connectivity index (χ4v) is 8.78. The van der Waals surface area contributed by atoms with Crippen LogP contribution in [0.15, 0.2) is 212 Å². The van der Waals surface area contributed by atoms with Crippen molar-refractivity contribution in [2.75, 3.05) is 0 Å². The molecule has 0 saturated heterocycles. The highest BCUT2D eigenvalue weighted by atomic mass is 15.0. The van der Waals surface area contributed by atoms with Gasteiger partial charge in [-0.15, -0.1) is 0 Å². The number of benzene rings is 7. The van der Waals surface area contributed by atoms with Crippen molar-refractivity contribution in [2.45, 2.75) is 5.41 Å². The summed E-state index contributed by atoms with van der Waals surface area (Å²) in [6.07, 6.45) is 2.10. The maximum absolute atomic E-state index is 5.29. The van der Waals surface area contributed by atoms with Crippen molar-refractivity contribution in [3.8, 4) is 67.8 Å². The topological polar surface area (TPSA) is 56.0 Å². The molecule has 0 radical (unpaired) electrons. The van der Waals surface area contributed by atoms with Gasteiger partial charge in [-0.25, -0.2) is 19.9 Å². The van der Waals surface area contributed by atoms with Gasteiger partial charge in [-0.3, -0.25) is 4.40 Å². The lowest BCUT2D eigenvalue weighted by Gasteiger charge is -2.34. The quantitative estimate of drug-likeness (QED) is 0.163. The van der Waals surface area contributed by atoms with Crippen LogP contribution >= 0.6 is 0 Å². The van der Waals surface area contributed by atoms with Gasteiger partial charge in [-0.1, -0.05) is 182 Å². The molecule has 0 spiro atoms. The van der Waals surface area contributed by atoms with Crippen LogP contribution in [0.2, 0.25) is 0 Å². The summed E-state index contributed by atoms with van der Waals surface area (Å²) < 4.78 is 2.20. The lowest BCUT2D eigenvalue weighted by molar-refractivity contribution is 0.769. The first-order valence-corrected chi connectivity index (χ1v) is 19.6. The molecule has 10 aromatic rings. The van der Waals surface area contributed by atoms with E-state index in [1.165, 1.54) is 33.4 Å². The van der Waals surface area contributed by atoms with E-state index in [0.717, 1.165) is 44.9 Å². The van der Waals surface area contributed by atoms with E-state index in [1.54, 1.807) is 0 Å². The summed E-state index contributed by atoms with van der Waals surface area (Å²) in [5, 5.41) is 0. The monoisotopic (exact) mass is 741 g/mol. The SMILES string of the molecule is c1ccc(-c2nc(-c3ccccc3)nc(-c3ccc4c(c3)C(c3ccccc3)(c3ccccc3)c3cc(-c5nc6ccccn6c5-c5ccccc5)ccc3-4)n2)cc1. The minimum Gasteiger partial charge on any atom is -0.299 e. The van der Waals surface area contributed by atoms with Crippen LogP contribution in [0, 0.1) is 0 Å². The van der Waals surface area contributed by atoms with Gasteiger partial charge in [0.25, 0.3) is 0 Å². The van der Waals surface area contributed by atoms with Gasteiger partial charge in [-0.2, -0.15) is 0 Å². The Morgan fingerprint density at radius 1 is 0.345 bits per heavy atom. The Balaban J connectivity index is 1.17. The molecule has 7 aromatic carbocycles. The van der Waals surface area contributed by atoms with Crippen LogP contribution < -0.4 is 0 Å². The van der Waals surface area contributed by atoms with Gasteiger partial charge in [0.05, 0.1) is 16.8 Å². The summed E-state index contributed by atoms with van der Waals surface area (Å²) in [5.41, 5.74) is 14.3. The van der Waals surface area contributed by atoms with Crippen molar-refractivity contribution in [1.29, 1.82) is 0 Å². The predicted molar refractivity (Wildman–Crippen MR) is 233 cm³/mol. The summed E-state index contributed by atoms with van der Waals surface area (Å²) in [6.45, 7) is 0. The number of fused-ring (bicyclic) bond motifs is 4. The second kappa shape index (κ2) is 13.8. The number of nitrogens with zero attached hydrogens (tertiary/aromatic N) is 5. The third-order valence-electron chi connectivity index (χ3n) is 11.4. The molecule has 0 amide bonds. The first-order valence-electron chi connectivity index (χ1n) is 19.6. The third kappa shape index (κ3) is 5.40. The van der Waals surface area contributed by atoms with Crippen LogP contribution in [0.1, 0.15) is 22.3 Å². The van der Waals surface area contributed by atoms with Crippen LogP contribution in [-0.4, -0.2) is 24.3 Å². The minimum atomic E-state index is -0.664. The zero-order chi connectivity index (χ0) is 38.5. The Bertz CT molecular complexity index is 2990. The highest BCUT2D eigenvalue weighted by Gasteiger charge is 2.46. The van der Waals surface area contributed by atoms with E-state index in [-0.39, 0.29) is 0 Å². The molecule has 3 aromatic heterocycles. The van der Waals surface area contributed by atoms with Crippen LogP contribution in [0.25, 0.3) is 73.5 Å². The molecular formula is C53H35N5. The number of hydrogen-bond donors (Lipinski definition) is 0. The molecule has 1 aliphatic rings. The summed E-state index contributed by atoms with van der Waals surface area (Å²) in [5.74, 6) is 1.90. The van der Waals surface area contributed by atoms with Gasteiger partial charge >= 0.3 is 0 Å². The molecule has 0 bridgehead atoms. The maximum atomic E-state index is 5.29. The largest absolute Gasteiger partial charge is 0.299 e. The average Bonchev–Trinajstić information content (AvgIpc) is 3.84. The van der Waals surface area contributed by atoms with E-state index < -0.39 is 5.41 Å². The zero-order valence-electron chi connectivity index (χ0n) is 31.4. The highest BCUT2D eigenvalue weighted by Crippen LogP contribution is 2.57. The van der Waals surface area contributed by atoms with Crippen molar-refractivity contribution in [1.82, 2.24) is 24.3 Å². The molecule has 11 rings (SSSR count). The second-order valence-corrected chi connectivity index (χ2v) is 14.6. The molecule has 0 aliphatic heterocycles. The third-order valence-corrected chi connectivity index (χ3v) is 11.4. The summed E-state index contributed by atoms with van der Waals surface area (Å²) in [7, 11) is 0. The Kier molecular flexibility index (Phi) is 7.97. The fourth-order valence-electron chi connectivity index (χ4n) is 8.78. The standard InChI is InChI=1S/C53H35N5/c1-6-18-36(19-7-1)49-48(54-47-28-16-17-33-58(47)49)39-29-31-43-44-32-30-40(52-56-50(37-20-8-2-9-21-37)55-51(57-52)38-22-10-3-11-23-38)35-46(44)53(45(43)34-39,41-24-12-4-13-25-41)42-26-14-5-15-27-42/h1-35H. The molecule has 3 heterocycles. The van der Waals surface area contributed by atoms with Gasteiger partial charge < -0.3 is 0 Å². The Morgan fingerprint density at radius 3 is 1.31 bits per heavy atom. The van der Waals surface area contributed by atoms with E-state index in [2.05, 4.69) is 150 Å². The van der Waals surface area contributed by atoms with Crippen molar-refractivity contribution >= 4 is 5.65 Å². The van der Waals surface area contributed by atoms with E-state index in [1.807, 2.05) is 66.7 Å². The number of pyridine rings is 1. The van der Waals surface area contributed by atoms with Crippen LogP contribution in [0.3, 0.4) is 0 Å². The Labute approximate surface area is 336 Å². The zero-order valence-corrected chi connectivity index (χ0v) is 31.4. The number of rotatable bonds is 7. The second-order valence-electron chi connectivity index (χ2n) is 14.6. The van der Waals surface area contributed by atoms with E-state index in [4.69, 9.17) is 19.9 Å². The van der Waals surface area contributed by atoms with Crippen molar-refractivity contribution < 1.29 is 0 Å². The summed E-state index contributed by atoms with van der Waals surface area (Å²) in [6, 6.07) is 72.5. The molecule has 0 fully saturated rings. The molecule has 0 saturated carbocycles. The van der Waals surface area contributed by atoms with E-state index in [0.29, 0.717) is 17.5 Å². The first-order chi connectivity index (χ1) is 28.8. The fraction of sp³-hybridized carbons (Fsp3) is 0.0189. The molecule has 5 nitrogen and oxygen atoms in total. The van der Waals surface area contributed by atoms with Crippen LogP contribution in [0.5, 0.6) is 0 Å². The first kappa shape index (κ1) is 33.6. The van der Waals surface area contributed by atoms with Gasteiger partial charge in [0, 0.05) is 34.0 Å². The normalized spacial score (nSPS) is 12.6. The molecule has 1 aliphatic carbocycles. The Hall–Kier alpha value is -7.76. The van der Waals surface area contributed by atoms with Crippen molar-refractivity contribution in [3.63, 3.8) is 0 Å². The maximum Gasteiger partial charge on any atom is 0.164 e. The smallest absolute Gasteiger partial charge is 0.164 e. The predicted octanol–water partition coefficient (Wildman–Crippen LogP) is 12.2. The van der Waals surface area contributed by atoms with E-state index >= 15 is 0 Å². The van der Waals surface area contributed by atoms with Crippen LogP contribution in [0.4, 0.5) is 0 Å². The van der Waals surface area contributed by atoms with Gasteiger partial charge in [0.2, 0.25) is 0 Å². The highest BCUT2D eigenvalue weighted by molar-refractivity contribution is 5.91. The molecule has 0 atom stereocenters. The lowest BCUT2D eigenvalue weighted by atomic mass is 9.67. The molecule has 0 unspecified atom stereocenters.